The van der Waals surface area contributed by atoms with Gasteiger partial charge in [0.2, 0.25) is 11.3 Å². The Morgan fingerprint density at radius 1 is 1.26 bits per heavy atom. The molecule has 0 bridgehead atoms. The summed E-state index contributed by atoms with van der Waals surface area (Å²) in [6, 6.07) is 6.22. The average molecular weight is 559 g/mol. The Bertz CT molecular complexity index is 1660. The number of ether oxygens (including phenoxy) is 1. The lowest BCUT2D eigenvalue weighted by Gasteiger charge is -2.17. The van der Waals surface area contributed by atoms with Gasteiger partial charge in [-0.15, -0.1) is 11.3 Å². The first-order valence-corrected chi connectivity index (χ1v) is 12.7. The summed E-state index contributed by atoms with van der Waals surface area (Å²) in [5, 5.41) is 13.2. The molecular formula is C26H21F3N4O5S. The molecule has 5 rings (SSSR count). The summed E-state index contributed by atoms with van der Waals surface area (Å²) in [4.78, 5) is 44.5. The van der Waals surface area contributed by atoms with E-state index in [1.807, 2.05) is 0 Å². The fraction of sp³-hybridized carbons (Fsp3) is 0.269. The number of carboxylic acid groups (broad SMARTS) is 1. The minimum absolute atomic E-state index is 0.0292. The van der Waals surface area contributed by atoms with Crippen molar-refractivity contribution in [1.82, 2.24) is 14.5 Å². The van der Waals surface area contributed by atoms with E-state index in [0.29, 0.717) is 29.8 Å². The van der Waals surface area contributed by atoms with Crippen LogP contribution in [0, 0.1) is 0 Å². The Kier molecular flexibility index (Phi) is 6.95. The zero-order valence-corrected chi connectivity index (χ0v) is 21.2. The van der Waals surface area contributed by atoms with Crippen LogP contribution in [0.5, 0.6) is 0 Å². The molecule has 0 unspecified atom stereocenters. The minimum atomic E-state index is -4.65. The Morgan fingerprint density at radius 2 is 2.05 bits per heavy atom. The van der Waals surface area contributed by atoms with Gasteiger partial charge in [0.25, 0.3) is 0 Å². The minimum Gasteiger partial charge on any atom is -0.477 e. The zero-order valence-electron chi connectivity index (χ0n) is 20.4. The number of nitrogens with zero attached hydrogens (tertiary/aromatic N) is 3. The van der Waals surface area contributed by atoms with Crippen LogP contribution in [0.25, 0.3) is 32.6 Å². The molecule has 1 aliphatic rings. The van der Waals surface area contributed by atoms with Crippen molar-refractivity contribution in [1.29, 1.82) is 0 Å². The van der Waals surface area contributed by atoms with Crippen molar-refractivity contribution in [3.63, 3.8) is 0 Å². The van der Waals surface area contributed by atoms with Crippen molar-refractivity contribution in [2.24, 2.45) is 0 Å². The summed E-state index contributed by atoms with van der Waals surface area (Å²) in [6.07, 6.45) is -0.415. The maximum Gasteiger partial charge on any atom is 0.434 e. The Morgan fingerprint density at radius 3 is 2.69 bits per heavy atom. The number of carbonyl (C=O) groups is 2. The number of anilines is 1. The van der Waals surface area contributed by atoms with Gasteiger partial charge in [-0.3, -0.25) is 9.59 Å². The molecule has 13 heteroatoms. The van der Waals surface area contributed by atoms with Gasteiger partial charge in [-0.2, -0.15) is 13.2 Å². The zero-order chi connectivity index (χ0) is 27.9. The van der Waals surface area contributed by atoms with E-state index in [1.54, 1.807) is 16.7 Å². The normalized spacial score (nSPS) is 15.5. The van der Waals surface area contributed by atoms with E-state index < -0.39 is 34.7 Å². The third kappa shape index (κ3) is 5.40. The fourth-order valence-corrected chi connectivity index (χ4v) is 5.37. The second kappa shape index (κ2) is 10.2. The van der Waals surface area contributed by atoms with Crippen LogP contribution >= 0.6 is 11.3 Å². The molecule has 0 spiro atoms. The van der Waals surface area contributed by atoms with E-state index in [4.69, 9.17) is 4.74 Å². The number of hydrogen-bond donors (Lipinski definition) is 2. The van der Waals surface area contributed by atoms with E-state index in [2.05, 4.69) is 15.3 Å². The number of amides is 1. The van der Waals surface area contributed by atoms with Crippen molar-refractivity contribution in [2.45, 2.75) is 38.6 Å². The van der Waals surface area contributed by atoms with Gasteiger partial charge in [-0.1, -0.05) is 6.07 Å². The molecule has 39 heavy (non-hydrogen) atoms. The number of halogens is 3. The lowest BCUT2D eigenvalue weighted by atomic mass is 9.99. The quantitative estimate of drug-likeness (QED) is 0.340. The van der Waals surface area contributed by atoms with E-state index in [-0.39, 0.29) is 27.9 Å². The second-order valence-electron chi connectivity index (χ2n) is 9.03. The van der Waals surface area contributed by atoms with Crippen molar-refractivity contribution >= 4 is 39.9 Å². The second-order valence-corrected chi connectivity index (χ2v) is 9.89. The third-order valence-electron chi connectivity index (χ3n) is 6.28. The SMILES string of the molecule is CC(=O)Nc1cc(-c2nc(C(F)(F)F)cs2)c(-c2ccc3c(c2)c(=O)c(C(=O)O)cn3C[C@@H]2CCCO2)cn1. The molecule has 4 aromatic rings. The lowest BCUT2D eigenvalue weighted by molar-refractivity contribution is -0.140. The highest BCUT2D eigenvalue weighted by Gasteiger charge is 2.34. The molecule has 9 nitrogen and oxygen atoms in total. The van der Waals surface area contributed by atoms with Gasteiger partial charge < -0.3 is 19.7 Å². The van der Waals surface area contributed by atoms with Crippen molar-refractivity contribution in [3.8, 4) is 21.7 Å². The van der Waals surface area contributed by atoms with Crippen LogP contribution < -0.4 is 10.7 Å². The van der Waals surface area contributed by atoms with Crippen LogP contribution in [0.4, 0.5) is 19.0 Å². The largest absolute Gasteiger partial charge is 0.477 e. The smallest absolute Gasteiger partial charge is 0.434 e. The molecule has 0 radical (unpaired) electrons. The summed E-state index contributed by atoms with van der Waals surface area (Å²) in [5.74, 6) is -1.69. The van der Waals surface area contributed by atoms with Crippen LogP contribution in [-0.4, -0.2) is 44.2 Å². The van der Waals surface area contributed by atoms with Crippen LogP contribution in [0.2, 0.25) is 0 Å². The number of rotatable bonds is 6. The predicted molar refractivity (Wildman–Crippen MR) is 138 cm³/mol. The number of hydrogen-bond acceptors (Lipinski definition) is 7. The molecule has 1 amide bonds. The number of thiazole rings is 1. The van der Waals surface area contributed by atoms with Crippen LogP contribution in [0.1, 0.15) is 35.8 Å². The molecule has 2 N–H and O–H groups in total. The molecule has 1 saturated heterocycles. The number of alkyl halides is 3. The Labute approximate surface area is 222 Å². The maximum atomic E-state index is 13.3. The van der Waals surface area contributed by atoms with Crippen LogP contribution in [-0.2, 0) is 22.3 Å². The van der Waals surface area contributed by atoms with Crippen molar-refractivity contribution < 1.29 is 32.6 Å². The number of aromatic carboxylic acids is 1. The van der Waals surface area contributed by atoms with Gasteiger partial charge in [-0.05, 0) is 36.6 Å². The number of benzene rings is 1. The van der Waals surface area contributed by atoms with Gasteiger partial charge in [0.05, 0.1) is 11.6 Å². The number of carbonyl (C=O) groups excluding carboxylic acids is 1. The lowest BCUT2D eigenvalue weighted by Crippen LogP contribution is -2.22. The molecular weight excluding hydrogens is 537 g/mol. The number of nitrogens with one attached hydrogen (secondary N) is 1. The van der Waals surface area contributed by atoms with E-state index in [1.165, 1.54) is 31.5 Å². The van der Waals surface area contributed by atoms with Gasteiger partial charge >= 0.3 is 12.1 Å². The average Bonchev–Trinajstić information content (AvgIpc) is 3.57. The molecule has 1 atom stereocenters. The third-order valence-corrected chi connectivity index (χ3v) is 7.15. The number of pyridine rings is 2. The monoisotopic (exact) mass is 558 g/mol. The first kappa shape index (κ1) is 26.5. The van der Waals surface area contributed by atoms with E-state index >= 15 is 0 Å². The highest BCUT2D eigenvalue weighted by Crippen LogP contribution is 2.39. The van der Waals surface area contributed by atoms with Gasteiger partial charge in [0, 0.05) is 54.4 Å². The first-order chi connectivity index (χ1) is 18.5. The Hall–Kier alpha value is -4.10. The maximum absolute atomic E-state index is 13.3. The topological polar surface area (TPSA) is 123 Å². The highest BCUT2D eigenvalue weighted by atomic mass is 32.1. The molecule has 4 heterocycles. The Balaban J connectivity index is 1.68. The molecule has 1 aromatic carbocycles. The molecule has 1 fully saturated rings. The summed E-state index contributed by atoms with van der Waals surface area (Å²) in [6.45, 7) is 2.23. The fourth-order valence-electron chi connectivity index (χ4n) is 4.51. The van der Waals surface area contributed by atoms with E-state index in [9.17, 15) is 32.7 Å². The first-order valence-electron chi connectivity index (χ1n) is 11.8. The van der Waals surface area contributed by atoms with Crippen molar-refractivity contribution in [3.05, 3.63) is 63.5 Å². The molecule has 3 aromatic heterocycles. The molecule has 0 saturated carbocycles. The molecule has 1 aliphatic heterocycles. The van der Waals surface area contributed by atoms with Gasteiger partial charge in [0.1, 0.15) is 16.4 Å². The number of aromatic nitrogens is 3. The van der Waals surface area contributed by atoms with Crippen molar-refractivity contribution in [2.75, 3.05) is 11.9 Å². The molecule has 202 valence electrons. The summed E-state index contributed by atoms with van der Waals surface area (Å²) in [5.41, 5.74) is -0.670. The molecule has 0 aliphatic carbocycles. The van der Waals surface area contributed by atoms with Gasteiger partial charge in [-0.25, -0.2) is 14.8 Å². The predicted octanol–water partition coefficient (Wildman–Crippen LogP) is 5.04. The standard InChI is InChI=1S/C26H21F3N4O5S/c1-13(34)31-22-8-16(24-32-21(12-39-24)26(27,28)29)18(9-30-22)14-4-5-20-17(7-14)23(35)19(25(36)37)11-33(20)10-15-3-2-6-38-15/h4-5,7-9,11-12,15H,2-3,6,10H2,1H3,(H,36,37)(H,30,31,34)/t15-/m0/s1. The van der Waals surface area contributed by atoms with E-state index in [0.717, 1.165) is 29.6 Å². The van der Waals surface area contributed by atoms with Crippen LogP contribution in [0.15, 0.2) is 46.8 Å². The highest BCUT2D eigenvalue weighted by molar-refractivity contribution is 7.13. The number of carboxylic acids is 1. The summed E-state index contributed by atoms with van der Waals surface area (Å²) in [7, 11) is 0. The summed E-state index contributed by atoms with van der Waals surface area (Å²) >= 11 is 0.770. The van der Waals surface area contributed by atoms with Crippen LogP contribution in [0.3, 0.4) is 0 Å². The van der Waals surface area contributed by atoms with Gasteiger partial charge in [0.15, 0.2) is 5.69 Å². The number of fused-ring (bicyclic) bond motifs is 1. The summed E-state index contributed by atoms with van der Waals surface area (Å²) < 4.78 is 47.2.